The highest BCUT2D eigenvalue weighted by molar-refractivity contribution is 5.69. The number of hydrogen-bond donors (Lipinski definition) is 1. The van der Waals surface area contributed by atoms with E-state index >= 15 is 0 Å². The molecule has 0 spiro atoms. The molecule has 0 aliphatic heterocycles. The number of aliphatic hydroxyl groups is 1. The zero-order valence-electron chi connectivity index (χ0n) is 35.1. The van der Waals surface area contributed by atoms with E-state index < -0.39 is 0 Å². The van der Waals surface area contributed by atoms with Crippen LogP contribution in [0.2, 0.25) is 0 Å². The first kappa shape index (κ1) is 49.9. The molecular formula is C45H89NO5. The fourth-order valence-corrected chi connectivity index (χ4v) is 7.31. The van der Waals surface area contributed by atoms with Gasteiger partial charge in [-0.3, -0.25) is 9.59 Å². The molecule has 304 valence electrons. The standard InChI is InChI=1S/C45H89NO5/c1-6-9-12-15-16-17-22-32-44(49)51-41-27-35-45(4,5)34-26-37-46(38-28-39-47)36-24-19-18-23-33-43(48)50-40-25-31-42(29-20-13-10-7-2)30-21-14-11-8-3/h42,47H,6-41H2,1-5H3. The van der Waals surface area contributed by atoms with Gasteiger partial charge in [0.25, 0.3) is 0 Å². The van der Waals surface area contributed by atoms with E-state index in [0.717, 1.165) is 103 Å². The molecular weight excluding hydrogens is 634 g/mol. The summed E-state index contributed by atoms with van der Waals surface area (Å²) in [6.07, 6.45) is 34.6. The van der Waals surface area contributed by atoms with Gasteiger partial charge in [0, 0.05) is 26.0 Å². The van der Waals surface area contributed by atoms with Crippen LogP contribution < -0.4 is 0 Å². The summed E-state index contributed by atoms with van der Waals surface area (Å²) in [5, 5.41) is 9.43. The molecule has 0 unspecified atom stereocenters. The van der Waals surface area contributed by atoms with E-state index in [4.69, 9.17) is 9.47 Å². The van der Waals surface area contributed by atoms with E-state index in [0.29, 0.717) is 26.1 Å². The Balaban J connectivity index is 4.08. The third kappa shape index (κ3) is 35.6. The summed E-state index contributed by atoms with van der Waals surface area (Å²) < 4.78 is 11.1. The Hall–Kier alpha value is -1.14. The molecule has 0 aromatic rings. The normalized spacial score (nSPS) is 11.9. The second-order valence-electron chi connectivity index (χ2n) is 16.5. The molecule has 0 rings (SSSR count). The van der Waals surface area contributed by atoms with Gasteiger partial charge in [-0.2, -0.15) is 0 Å². The van der Waals surface area contributed by atoms with Gasteiger partial charge in [-0.25, -0.2) is 0 Å². The maximum Gasteiger partial charge on any atom is 0.305 e. The van der Waals surface area contributed by atoms with Gasteiger partial charge in [-0.05, 0) is 88.6 Å². The van der Waals surface area contributed by atoms with Crippen molar-refractivity contribution < 1.29 is 24.2 Å². The monoisotopic (exact) mass is 724 g/mol. The third-order valence-corrected chi connectivity index (χ3v) is 10.8. The quantitative estimate of drug-likeness (QED) is 0.0501. The lowest BCUT2D eigenvalue weighted by Crippen LogP contribution is -2.29. The molecule has 0 aliphatic rings. The number of nitrogens with zero attached hydrogens (tertiary/aromatic N) is 1. The summed E-state index contributed by atoms with van der Waals surface area (Å²) >= 11 is 0. The number of esters is 2. The number of unbranched alkanes of at least 4 members (excludes halogenated alkanes) is 15. The van der Waals surface area contributed by atoms with Gasteiger partial charge in [0.15, 0.2) is 0 Å². The lowest BCUT2D eigenvalue weighted by Gasteiger charge is -2.27. The molecule has 0 bridgehead atoms. The molecule has 0 amide bonds. The molecule has 0 fully saturated rings. The maximum absolute atomic E-state index is 12.4. The average Bonchev–Trinajstić information content (AvgIpc) is 3.11. The first-order valence-electron chi connectivity index (χ1n) is 22.4. The Labute approximate surface area is 318 Å². The zero-order valence-corrected chi connectivity index (χ0v) is 35.1. The molecule has 0 saturated heterocycles. The van der Waals surface area contributed by atoms with Crippen LogP contribution >= 0.6 is 0 Å². The maximum atomic E-state index is 12.4. The SMILES string of the molecule is CCCCCCCCCC(=O)OCCCC(C)(C)CCCN(CCCO)CCCCCCC(=O)OCCCC(CCCCCC)CCCCCC. The van der Waals surface area contributed by atoms with Gasteiger partial charge in [-0.15, -0.1) is 0 Å². The summed E-state index contributed by atoms with van der Waals surface area (Å²) in [5.74, 6) is 0.746. The zero-order chi connectivity index (χ0) is 37.7. The molecule has 51 heavy (non-hydrogen) atoms. The number of hydrogen-bond acceptors (Lipinski definition) is 6. The second kappa shape index (κ2) is 37.2. The molecule has 6 nitrogen and oxygen atoms in total. The number of carbonyl (C=O) groups is 2. The van der Waals surface area contributed by atoms with Gasteiger partial charge < -0.3 is 19.5 Å². The summed E-state index contributed by atoms with van der Waals surface area (Å²) in [5.41, 5.74) is 0.229. The van der Waals surface area contributed by atoms with Gasteiger partial charge in [0.05, 0.1) is 13.2 Å². The van der Waals surface area contributed by atoms with Crippen LogP contribution in [0.25, 0.3) is 0 Å². The largest absolute Gasteiger partial charge is 0.466 e. The minimum Gasteiger partial charge on any atom is -0.466 e. The first-order valence-corrected chi connectivity index (χ1v) is 22.4. The highest BCUT2D eigenvalue weighted by Crippen LogP contribution is 2.28. The first-order chi connectivity index (χ1) is 24.8. The molecule has 0 saturated carbocycles. The molecule has 6 heteroatoms. The summed E-state index contributed by atoms with van der Waals surface area (Å²) in [7, 11) is 0. The fourth-order valence-electron chi connectivity index (χ4n) is 7.31. The van der Waals surface area contributed by atoms with Crippen LogP contribution in [-0.2, 0) is 19.1 Å². The fraction of sp³-hybridized carbons (Fsp3) is 0.956. The highest BCUT2D eigenvalue weighted by Gasteiger charge is 2.18. The Kier molecular flexibility index (Phi) is 36.4. The van der Waals surface area contributed by atoms with Crippen LogP contribution in [0.3, 0.4) is 0 Å². The van der Waals surface area contributed by atoms with Crippen LogP contribution in [0.1, 0.15) is 227 Å². The van der Waals surface area contributed by atoms with E-state index in [1.807, 2.05) is 0 Å². The number of aliphatic hydroxyl groups excluding tert-OH is 1. The Morgan fingerprint density at radius 3 is 1.47 bits per heavy atom. The molecule has 0 aromatic heterocycles. The van der Waals surface area contributed by atoms with Crippen molar-refractivity contribution in [3.05, 3.63) is 0 Å². The topological polar surface area (TPSA) is 76.1 Å². The molecule has 1 N–H and O–H groups in total. The number of carbonyl (C=O) groups excluding carboxylic acids is 2. The van der Waals surface area contributed by atoms with Crippen LogP contribution in [0, 0.1) is 11.3 Å². The summed E-state index contributed by atoms with van der Waals surface area (Å²) in [4.78, 5) is 26.9. The van der Waals surface area contributed by atoms with Crippen molar-refractivity contribution in [3.8, 4) is 0 Å². The van der Waals surface area contributed by atoms with E-state index in [1.54, 1.807) is 0 Å². The summed E-state index contributed by atoms with van der Waals surface area (Å²) in [6.45, 7) is 15.9. The van der Waals surface area contributed by atoms with Crippen molar-refractivity contribution in [3.63, 3.8) is 0 Å². The van der Waals surface area contributed by atoms with Gasteiger partial charge in [0.1, 0.15) is 0 Å². The molecule has 0 heterocycles. The third-order valence-electron chi connectivity index (χ3n) is 10.8. The van der Waals surface area contributed by atoms with Crippen LogP contribution in [0.5, 0.6) is 0 Å². The van der Waals surface area contributed by atoms with Crippen molar-refractivity contribution >= 4 is 11.9 Å². The lowest BCUT2D eigenvalue weighted by molar-refractivity contribution is -0.144. The van der Waals surface area contributed by atoms with E-state index in [-0.39, 0.29) is 24.0 Å². The minimum absolute atomic E-state index is 0.0220. The molecule has 0 aromatic carbocycles. The lowest BCUT2D eigenvalue weighted by atomic mass is 9.83. The molecule has 0 aliphatic carbocycles. The summed E-state index contributed by atoms with van der Waals surface area (Å²) in [6, 6.07) is 0. The number of ether oxygens (including phenoxy) is 2. The minimum atomic E-state index is -0.0312. The smallest absolute Gasteiger partial charge is 0.305 e. The van der Waals surface area contributed by atoms with Gasteiger partial charge >= 0.3 is 11.9 Å². The van der Waals surface area contributed by atoms with Crippen molar-refractivity contribution in [1.29, 1.82) is 0 Å². The Morgan fingerprint density at radius 1 is 0.510 bits per heavy atom. The Morgan fingerprint density at radius 2 is 0.922 bits per heavy atom. The molecule has 0 radical (unpaired) electrons. The van der Waals surface area contributed by atoms with E-state index in [1.165, 1.54) is 103 Å². The van der Waals surface area contributed by atoms with Crippen molar-refractivity contribution in [2.75, 3.05) is 39.5 Å². The van der Waals surface area contributed by atoms with Crippen LogP contribution in [0.4, 0.5) is 0 Å². The van der Waals surface area contributed by atoms with Crippen molar-refractivity contribution in [1.82, 2.24) is 4.90 Å². The molecule has 0 atom stereocenters. The predicted molar refractivity (Wildman–Crippen MR) is 218 cm³/mol. The highest BCUT2D eigenvalue weighted by atomic mass is 16.5. The average molecular weight is 724 g/mol. The number of rotatable bonds is 40. The van der Waals surface area contributed by atoms with E-state index in [2.05, 4.69) is 39.5 Å². The van der Waals surface area contributed by atoms with Crippen LogP contribution in [0.15, 0.2) is 0 Å². The second-order valence-corrected chi connectivity index (χ2v) is 16.5. The van der Waals surface area contributed by atoms with Gasteiger partial charge in [-0.1, -0.05) is 150 Å². The Bertz CT molecular complexity index is 745. The van der Waals surface area contributed by atoms with Gasteiger partial charge in [0.2, 0.25) is 0 Å². The van der Waals surface area contributed by atoms with E-state index in [9.17, 15) is 14.7 Å². The van der Waals surface area contributed by atoms with Crippen LogP contribution in [-0.4, -0.2) is 61.4 Å². The predicted octanol–water partition coefficient (Wildman–Crippen LogP) is 12.8. The van der Waals surface area contributed by atoms with Crippen molar-refractivity contribution in [2.45, 2.75) is 227 Å². The van der Waals surface area contributed by atoms with Crippen molar-refractivity contribution in [2.24, 2.45) is 11.3 Å².